The van der Waals surface area contributed by atoms with E-state index in [4.69, 9.17) is 9.47 Å². The van der Waals surface area contributed by atoms with Crippen molar-refractivity contribution in [1.29, 1.82) is 0 Å². The number of amides is 1. The van der Waals surface area contributed by atoms with Crippen molar-refractivity contribution < 1.29 is 14.3 Å². The van der Waals surface area contributed by atoms with Crippen molar-refractivity contribution in [3.8, 4) is 22.8 Å². The van der Waals surface area contributed by atoms with E-state index in [0.29, 0.717) is 6.42 Å². The number of methoxy groups -OCH3 is 2. The van der Waals surface area contributed by atoms with Crippen molar-refractivity contribution in [2.75, 3.05) is 14.2 Å². The van der Waals surface area contributed by atoms with Crippen LogP contribution in [0.5, 0.6) is 11.5 Å². The standard InChI is InChI=1S/C25H30N2O3/c1-6-16(2)27-21(12-14-23(27)28)24-18-9-7-8-10-20(18)26(3)25(24)19-15-17(29-4)11-13-22(19)30-5/h7-11,13,15-16,21H,6,12,14H2,1-5H3. The van der Waals surface area contributed by atoms with E-state index in [-0.39, 0.29) is 18.0 Å². The van der Waals surface area contributed by atoms with Gasteiger partial charge in [-0.05, 0) is 44.0 Å². The number of likely N-dealkylation sites (tertiary alicyclic amines) is 1. The lowest BCUT2D eigenvalue weighted by atomic mass is 9.95. The van der Waals surface area contributed by atoms with Gasteiger partial charge in [0.2, 0.25) is 5.91 Å². The fraction of sp³-hybridized carbons (Fsp3) is 0.400. The summed E-state index contributed by atoms with van der Waals surface area (Å²) in [5, 5.41) is 1.19. The summed E-state index contributed by atoms with van der Waals surface area (Å²) in [5.41, 5.74) is 4.41. The van der Waals surface area contributed by atoms with E-state index in [1.165, 1.54) is 10.9 Å². The maximum Gasteiger partial charge on any atom is 0.223 e. The van der Waals surface area contributed by atoms with Crippen LogP contribution < -0.4 is 9.47 Å². The summed E-state index contributed by atoms with van der Waals surface area (Å²) in [5.74, 6) is 1.82. The number of nitrogens with zero attached hydrogens (tertiary/aromatic N) is 2. The second-order valence-electron chi connectivity index (χ2n) is 8.02. The van der Waals surface area contributed by atoms with Gasteiger partial charge in [-0.15, -0.1) is 0 Å². The third-order valence-corrected chi connectivity index (χ3v) is 6.46. The number of fused-ring (bicyclic) bond motifs is 1. The average molecular weight is 407 g/mol. The highest BCUT2D eigenvalue weighted by Gasteiger charge is 2.38. The molecule has 0 N–H and O–H groups in total. The number of aryl methyl sites for hydroxylation is 1. The molecule has 1 amide bonds. The molecule has 2 aromatic carbocycles. The van der Waals surface area contributed by atoms with Crippen molar-refractivity contribution in [2.24, 2.45) is 7.05 Å². The minimum atomic E-state index is 0.0458. The highest BCUT2D eigenvalue weighted by atomic mass is 16.5. The Labute approximate surface area is 178 Å². The van der Waals surface area contributed by atoms with Crippen molar-refractivity contribution in [2.45, 2.75) is 45.2 Å². The monoisotopic (exact) mass is 406 g/mol. The predicted octanol–water partition coefficient (Wildman–Crippen LogP) is 5.32. The van der Waals surface area contributed by atoms with Crippen LogP contribution in [0.1, 0.15) is 44.7 Å². The zero-order valence-corrected chi connectivity index (χ0v) is 18.4. The lowest BCUT2D eigenvalue weighted by Gasteiger charge is -2.31. The molecule has 2 atom stereocenters. The molecule has 3 aromatic rings. The molecule has 1 saturated heterocycles. The van der Waals surface area contributed by atoms with Crippen LogP contribution in [0.15, 0.2) is 42.5 Å². The van der Waals surface area contributed by atoms with Gasteiger partial charge in [-0.2, -0.15) is 0 Å². The van der Waals surface area contributed by atoms with Crippen molar-refractivity contribution >= 4 is 16.8 Å². The number of rotatable bonds is 6. The molecule has 2 unspecified atom stereocenters. The Morgan fingerprint density at radius 2 is 1.90 bits per heavy atom. The van der Waals surface area contributed by atoms with Crippen LogP contribution in [0.4, 0.5) is 0 Å². The Morgan fingerprint density at radius 3 is 2.60 bits per heavy atom. The number of ether oxygens (including phenoxy) is 2. The molecule has 158 valence electrons. The number of carbonyl (C=O) groups is 1. The summed E-state index contributed by atoms with van der Waals surface area (Å²) in [6, 6.07) is 14.6. The van der Waals surface area contributed by atoms with E-state index in [1.54, 1.807) is 14.2 Å². The normalized spacial score (nSPS) is 17.6. The Kier molecular flexibility index (Phi) is 5.46. The minimum Gasteiger partial charge on any atom is -0.497 e. The van der Waals surface area contributed by atoms with Crippen LogP contribution >= 0.6 is 0 Å². The van der Waals surface area contributed by atoms with Gasteiger partial charge in [0.15, 0.2) is 0 Å². The van der Waals surface area contributed by atoms with Crippen LogP contribution in [0.2, 0.25) is 0 Å². The molecule has 5 nitrogen and oxygen atoms in total. The van der Waals surface area contributed by atoms with Gasteiger partial charge in [0, 0.05) is 41.5 Å². The van der Waals surface area contributed by atoms with Crippen molar-refractivity contribution in [1.82, 2.24) is 9.47 Å². The van der Waals surface area contributed by atoms with Gasteiger partial charge in [-0.25, -0.2) is 0 Å². The van der Waals surface area contributed by atoms with Gasteiger partial charge < -0.3 is 18.9 Å². The molecule has 0 radical (unpaired) electrons. The summed E-state index contributed by atoms with van der Waals surface area (Å²) < 4.78 is 13.5. The fourth-order valence-electron chi connectivity index (χ4n) is 4.82. The first-order chi connectivity index (χ1) is 14.5. The Balaban J connectivity index is 2.03. The van der Waals surface area contributed by atoms with Gasteiger partial charge in [0.05, 0.1) is 26.0 Å². The van der Waals surface area contributed by atoms with E-state index in [0.717, 1.165) is 41.1 Å². The number of hydrogen-bond donors (Lipinski definition) is 0. The number of para-hydroxylation sites is 1. The molecule has 1 aliphatic heterocycles. The highest BCUT2D eigenvalue weighted by molar-refractivity contribution is 5.95. The molecular formula is C25H30N2O3. The SMILES string of the molecule is CCC(C)N1C(=O)CCC1c1c(-c2cc(OC)ccc2OC)n(C)c2ccccc12. The van der Waals surface area contributed by atoms with Crippen molar-refractivity contribution in [3.05, 3.63) is 48.0 Å². The van der Waals surface area contributed by atoms with E-state index >= 15 is 0 Å². The van der Waals surface area contributed by atoms with Gasteiger partial charge in [0.25, 0.3) is 0 Å². The van der Waals surface area contributed by atoms with Gasteiger partial charge in [-0.3, -0.25) is 4.79 Å². The molecule has 0 aliphatic carbocycles. The van der Waals surface area contributed by atoms with E-state index < -0.39 is 0 Å². The molecule has 4 rings (SSSR count). The predicted molar refractivity (Wildman–Crippen MR) is 120 cm³/mol. The zero-order valence-electron chi connectivity index (χ0n) is 18.4. The Morgan fingerprint density at radius 1 is 1.13 bits per heavy atom. The first kappa shape index (κ1) is 20.3. The second kappa shape index (κ2) is 8.05. The number of hydrogen-bond acceptors (Lipinski definition) is 3. The van der Waals surface area contributed by atoms with Crippen LogP contribution in [-0.2, 0) is 11.8 Å². The molecule has 2 heterocycles. The smallest absolute Gasteiger partial charge is 0.223 e. The minimum absolute atomic E-state index is 0.0458. The van der Waals surface area contributed by atoms with Crippen LogP contribution in [0, 0.1) is 0 Å². The quantitative estimate of drug-likeness (QED) is 0.556. The summed E-state index contributed by atoms with van der Waals surface area (Å²) in [6.07, 6.45) is 2.36. The maximum absolute atomic E-state index is 12.8. The summed E-state index contributed by atoms with van der Waals surface area (Å²) in [4.78, 5) is 14.9. The largest absolute Gasteiger partial charge is 0.497 e. The molecular weight excluding hydrogens is 376 g/mol. The summed E-state index contributed by atoms with van der Waals surface area (Å²) in [6.45, 7) is 4.29. The molecule has 1 fully saturated rings. The number of benzene rings is 2. The lowest BCUT2D eigenvalue weighted by Crippen LogP contribution is -2.35. The molecule has 1 aromatic heterocycles. The van der Waals surface area contributed by atoms with E-state index in [2.05, 4.69) is 54.6 Å². The first-order valence-electron chi connectivity index (χ1n) is 10.6. The fourth-order valence-corrected chi connectivity index (χ4v) is 4.82. The third kappa shape index (κ3) is 3.13. The van der Waals surface area contributed by atoms with Crippen LogP contribution in [-0.4, -0.2) is 35.6 Å². The van der Waals surface area contributed by atoms with Crippen molar-refractivity contribution in [3.63, 3.8) is 0 Å². The molecule has 5 heteroatoms. The van der Waals surface area contributed by atoms with E-state index in [1.807, 2.05) is 18.2 Å². The molecule has 0 spiro atoms. The summed E-state index contributed by atoms with van der Waals surface area (Å²) in [7, 11) is 5.46. The van der Waals surface area contributed by atoms with Crippen LogP contribution in [0.3, 0.4) is 0 Å². The third-order valence-electron chi connectivity index (χ3n) is 6.46. The first-order valence-corrected chi connectivity index (χ1v) is 10.6. The topological polar surface area (TPSA) is 43.7 Å². The van der Waals surface area contributed by atoms with Gasteiger partial charge >= 0.3 is 0 Å². The van der Waals surface area contributed by atoms with E-state index in [9.17, 15) is 4.79 Å². The number of carbonyl (C=O) groups excluding carboxylic acids is 1. The summed E-state index contributed by atoms with van der Waals surface area (Å²) >= 11 is 0. The second-order valence-corrected chi connectivity index (χ2v) is 8.02. The molecule has 0 bridgehead atoms. The Bertz CT molecular complexity index is 1090. The highest BCUT2D eigenvalue weighted by Crippen LogP contribution is 2.47. The van der Waals surface area contributed by atoms with Gasteiger partial charge in [-0.1, -0.05) is 25.1 Å². The lowest BCUT2D eigenvalue weighted by molar-refractivity contribution is -0.131. The van der Waals surface area contributed by atoms with Crippen LogP contribution in [0.25, 0.3) is 22.2 Å². The van der Waals surface area contributed by atoms with Gasteiger partial charge in [0.1, 0.15) is 11.5 Å². The molecule has 0 saturated carbocycles. The maximum atomic E-state index is 12.8. The number of aromatic nitrogens is 1. The Hall–Kier alpha value is -2.95. The zero-order chi connectivity index (χ0) is 21.4. The molecule has 1 aliphatic rings. The molecule has 30 heavy (non-hydrogen) atoms. The average Bonchev–Trinajstić information content (AvgIpc) is 3.30.